The molecule has 110 valence electrons. The van der Waals surface area contributed by atoms with Crippen LogP contribution in [0.5, 0.6) is 0 Å². The molecule has 0 bridgehead atoms. The highest BCUT2D eigenvalue weighted by atomic mass is 16.1. The lowest BCUT2D eigenvalue weighted by molar-refractivity contribution is 0.0952. The van der Waals surface area contributed by atoms with Crippen molar-refractivity contribution in [2.45, 2.75) is 33.1 Å². The molecule has 21 heavy (non-hydrogen) atoms. The fourth-order valence-corrected chi connectivity index (χ4v) is 2.10. The van der Waals surface area contributed by atoms with Gasteiger partial charge in [-0.05, 0) is 25.5 Å². The summed E-state index contributed by atoms with van der Waals surface area (Å²) in [5.41, 5.74) is 3.79. The molecule has 1 amide bonds. The van der Waals surface area contributed by atoms with Gasteiger partial charge >= 0.3 is 0 Å². The summed E-state index contributed by atoms with van der Waals surface area (Å²) in [6.07, 6.45) is 4.97. The maximum absolute atomic E-state index is 11.9. The van der Waals surface area contributed by atoms with E-state index in [1.54, 1.807) is 6.20 Å². The molecule has 1 aromatic heterocycles. The average Bonchev–Trinajstić information content (AvgIpc) is 2.52. The number of pyridine rings is 1. The van der Waals surface area contributed by atoms with Crippen LogP contribution in [-0.2, 0) is 0 Å². The number of aromatic nitrogens is 1. The van der Waals surface area contributed by atoms with Crippen molar-refractivity contribution in [3.63, 3.8) is 0 Å². The van der Waals surface area contributed by atoms with Gasteiger partial charge in [0.25, 0.3) is 5.91 Å². The highest BCUT2D eigenvalue weighted by Gasteiger charge is 2.06. The van der Waals surface area contributed by atoms with E-state index in [1.807, 2.05) is 24.3 Å². The van der Waals surface area contributed by atoms with E-state index < -0.39 is 0 Å². The lowest BCUT2D eigenvalue weighted by atomic mass is 10.1. The molecule has 0 aliphatic heterocycles. The van der Waals surface area contributed by atoms with E-state index in [2.05, 4.69) is 36.3 Å². The first-order chi connectivity index (χ1) is 10.2. The normalized spacial score (nSPS) is 10.4. The molecule has 0 spiro atoms. The Bertz CT molecular complexity index is 573. The number of hydrogen-bond donors (Lipinski definition) is 1. The number of nitrogens with one attached hydrogen (secondary N) is 1. The molecule has 2 rings (SSSR count). The van der Waals surface area contributed by atoms with Crippen molar-refractivity contribution in [3.8, 4) is 11.3 Å². The van der Waals surface area contributed by atoms with Gasteiger partial charge in [-0.2, -0.15) is 0 Å². The Balaban J connectivity index is 1.98. The third kappa shape index (κ3) is 4.42. The van der Waals surface area contributed by atoms with Crippen LogP contribution in [0.15, 0.2) is 42.6 Å². The molecule has 0 saturated heterocycles. The summed E-state index contributed by atoms with van der Waals surface area (Å²) in [5.74, 6) is -0.0472. The van der Waals surface area contributed by atoms with Crippen molar-refractivity contribution >= 4 is 5.91 Å². The zero-order chi connectivity index (χ0) is 15.1. The molecule has 1 heterocycles. The van der Waals surface area contributed by atoms with Gasteiger partial charge in [0.2, 0.25) is 0 Å². The van der Waals surface area contributed by atoms with Crippen LogP contribution in [-0.4, -0.2) is 17.4 Å². The SMILES string of the molecule is CCCCCNC(=O)c1ccc(-c2ccc(C)cc2)nc1. The van der Waals surface area contributed by atoms with Gasteiger partial charge < -0.3 is 5.32 Å². The molecule has 3 nitrogen and oxygen atoms in total. The van der Waals surface area contributed by atoms with E-state index in [9.17, 15) is 4.79 Å². The van der Waals surface area contributed by atoms with Crippen LogP contribution in [0.1, 0.15) is 42.1 Å². The monoisotopic (exact) mass is 282 g/mol. The number of nitrogens with zero attached hydrogens (tertiary/aromatic N) is 1. The summed E-state index contributed by atoms with van der Waals surface area (Å²) in [6.45, 7) is 4.94. The number of carbonyl (C=O) groups is 1. The van der Waals surface area contributed by atoms with Crippen LogP contribution in [0.4, 0.5) is 0 Å². The Labute approximate surface area is 126 Å². The molecule has 1 N–H and O–H groups in total. The molecule has 2 aromatic rings. The predicted octanol–water partition coefficient (Wildman–Crippen LogP) is 3.98. The molecule has 0 aliphatic rings. The van der Waals surface area contributed by atoms with E-state index in [0.29, 0.717) is 5.56 Å². The van der Waals surface area contributed by atoms with E-state index in [-0.39, 0.29) is 5.91 Å². The zero-order valence-corrected chi connectivity index (χ0v) is 12.7. The molecule has 0 unspecified atom stereocenters. The van der Waals surface area contributed by atoms with Gasteiger partial charge in [0.1, 0.15) is 0 Å². The van der Waals surface area contributed by atoms with Crippen molar-refractivity contribution < 1.29 is 4.79 Å². The molecule has 0 radical (unpaired) electrons. The first-order valence-corrected chi connectivity index (χ1v) is 7.52. The van der Waals surface area contributed by atoms with Gasteiger partial charge in [0, 0.05) is 18.3 Å². The number of rotatable bonds is 6. The first-order valence-electron chi connectivity index (χ1n) is 7.52. The maximum atomic E-state index is 11.9. The van der Waals surface area contributed by atoms with Gasteiger partial charge in [-0.25, -0.2) is 0 Å². The molecule has 0 aliphatic carbocycles. The minimum Gasteiger partial charge on any atom is -0.352 e. The predicted molar refractivity (Wildman–Crippen MR) is 86.3 cm³/mol. The van der Waals surface area contributed by atoms with Crippen LogP contribution < -0.4 is 5.32 Å². The summed E-state index contributed by atoms with van der Waals surface area (Å²) < 4.78 is 0. The second kappa shape index (κ2) is 7.58. The second-order valence-electron chi connectivity index (χ2n) is 5.26. The first kappa shape index (κ1) is 15.2. The molecule has 0 atom stereocenters. The van der Waals surface area contributed by atoms with Crippen LogP contribution in [0.2, 0.25) is 0 Å². The maximum Gasteiger partial charge on any atom is 0.252 e. The molecular formula is C18H22N2O. The Kier molecular flexibility index (Phi) is 5.50. The number of unbranched alkanes of at least 4 members (excludes halogenated alkanes) is 2. The Hall–Kier alpha value is -2.16. The van der Waals surface area contributed by atoms with Crippen LogP contribution in [0.3, 0.4) is 0 Å². The van der Waals surface area contributed by atoms with Gasteiger partial charge in [-0.15, -0.1) is 0 Å². The summed E-state index contributed by atoms with van der Waals surface area (Å²) in [7, 11) is 0. The lowest BCUT2D eigenvalue weighted by Gasteiger charge is -2.06. The molecule has 1 aromatic carbocycles. The van der Waals surface area contributed by atoms with Crippen molar-refractivity contribution in [2.75, 3.05) is 6.54 Å². The van der Waals surface area contributed by atoms with Crippen LogP contribution in [0.25, 0.3) is 11.3 Å². The lowest BCUT2D eigenvalue weighted by Crippen LogP contribution is -2.24. The second-order valence-corrected chi connectivity index (χ2v) is 5.26. The molecular weight excluding hydrogens is 260 g/mol. The third-order valence-electron chi connectivity index (χ3n) is 3.44. The van der Waals surface area contributed by atoms with Crippen LogP contribution in [0, 0.1) is 6.92 Å². The fraction of sp³-hybridized carbons (Fsp3) is 0.333. The summed E-state index contributed by atoms with van der Waals surface area (Å²) >= 11 is 0. The third-order valence-corrected chi connectivity index (χ3v) is 3.44. The molecule has 3 heteroatoms. The van der Waals surface area contributed by atoms with Gasteiger partial charge in [-0.1, -0.05) is 49.6 Å². The topological polar surface area (TPSA) is 42.0 Å². The van der Waals surface area contributed by atoms with Gasteiger partial charge in [0.05, 0.1) is 11.3 Å². The van der Waals surface area contributed by atoms with Crippen molar-refractivity contribution in [3.05, 3.63) is 53.7 Å². The van der Waals surface area contributed by atoms with Crippen LogP contribution >= 0.6 is 0 Å². The quantitative estimate of drug-likeness (QED) is 0.814. The summed E-state index contributed by atoms with van der Waals surface area (Å²) in [5, 5.41) is 2.92. The Morgan fingerprint density at radius 3 is 2.48 bits per heavy atom. The van der Waals surface area contributed by atoms with E-state index in [0.717, 1.165) is 37.1 Å². The van der Waals surface area contributed by atoms with Crippen molar-refractivity contribution in [1.82, 2.24) is 10.3 Å². The standard InChI is InChI=1S/C18H22N2O/c1-3-4-5-12-19-18(21)16-10-11-17(20-13-16)15-8-6-14(2)7-9-15/h6-11,13H,3-5,12H2,1-2H3,(H,19,21). The van der Waals surface area contributed by atoms with Gasteiger partial charge in [0.15, 0.2) is 0 Å². The average molecular weight is 282 g/mol. The van der Waals surface area contributed by atoms with E-state index in [1.165, 1.54) is 5.56 Å². The molecule has 0 saturated carbocycles. The van der Waals surface area contributed by atoms with Crippen molar-refractivity contribution in [1.29, 1.82) is 0 Å². The minimum atomic E-state index is -0.0472. The number of benzene rings is 1. The highest BCUT2D eigenvalue weighted by Crippen LogP contribution is 2.17. The highest BCUT2D eigenvalue weighted by molar-refractivity contribution is 5.94. The smallest absolute Gasteiger partial charge is 0.252 e. The number of aryl methyl sites for hydroxylation is 1. The Morgan fingerprint density at radius 2 is 1.86 bits per heavy atom. The number of hydrogen-bond acceptors (Lipinski definition) is 2. The number of amides is 1. The number of carbonyl (C=O) groups excluding carboxylic acids is 1. The fourth-order valence-electron chi connectivity index (χ4n) is 2.10. The minimum absolute atomic E-state index is 0.0472. The Morgan fingerprint density at radius 1 is 1.10 bits per heavy atom. The summed E-state index contributed by atoms with van der Waals surface area (Å²) in [4.78, 5) is 16.3. The zero-order valence-electron chi connectivity index (χ0n) is 12.7. The van der Waals surface area contributed by atoms with Crippen molar-refractivity contribution in [2.24, 2.45) is 0 Å². The van der Waals surface area contributed by atoms with E-state index >= 15 is 0 Å². The van der Waals surface area contributed by atoms with Gasteiger partial charge in [-0.3, -0.25) is 9.78 Å². The summed E-state index contributed by atoms with van der Waals surface area (Å²) in [6, 6.07) is 11.9. The molecule has 0 fully saturated rings. The van der Waals surface area contributed by atoms with E-state index in [4.69, 9.17) is 0 Å². The largest absolute Gasteiger partial charge is 0.352 e.